The molecular weight excluding hydrogens is 146 g/mol. The molecule has 0 unspecified atom stereocenters. The quantitative estimate of drug-likeness (QED) is 0.285. The summed E-state index contributed by atoms with van der Waals surface area (Å²) >= 11 is 0. The van der Waals surface area contributed by atoms with Crippen molar-refractivity contribution in [3.8, 4) is 0 Å². The monoisotopic (exact) mass is 159 g/mol. The van der Waals surface area contributed by atoms with Gasteiger partial charge in [0.25, 0.3) is 0 Å². The summed E-state index contributed by atoms with van der Waals surface area (Å²) in [6.07, 6.45) is 1.32. The second-order valence-electron chi connectivity index (χ2n) is 1.89. The van der Waals surface area contributed by atoms with Gasteiger partial charge >= 0.3 is 0 Å². The zero-order valence-electron chi connectivity index (χ0n) is 6.30. The maximum atomic E-state index is 9.74. The Balaban J connectivity index is 2.79. The van der Waals surface area contributed by atoms with Crippen molar-refractivity contribution < 1.29 is 9.59 Å². The van der Waals surface area contributed by atoms with Crippen LogP contribution in [0, 0.1) is 0 Å². The molecule has 0 bridgehead atoms. The number of nitrogens with one attached hydrogen (secondary N) is 3. The Morgan fingerprint density at radius 2 is 1.27 bits per heavy atom. The van der Waals surface area contributed by atoms with Crippen LogP contribution in [-0.2, 0) is 9.59 Å². The molecule has 0 aromatic heterocycles. The van der Waals surface area contributed by atoms with Crippen molar-refractivity contribution in [1.82, 2.24) is 16.0 Å². The standard InChI is InChI=1S/C6H13N3O2/c10-5-8-3-1-7-2-4-9-6-11/h5-7H,1-4H2,(H,8,10)(H,9,11). The highest BCUT2D eigenvalue weighted by molar-refractivity contribution is 5.46. The van der Waals surface area contributed by atoms with Crippen molar-refractivity contribution in [3.63, 3.8) is 0 Å². The lowest BCUT2D eigenvalue weighted by Crippen LogP contribution is -2.31. The number of amides is 2. The van der Waals surface area contributed by atoms with Crippen molar-refractivity contribution >= 4 is 12.8 Å². The third-order valence-electron chi connectivity index (χ3n) is 1.06. The summed E-state index contributed by atoms with van der Waals surface area (Å²) in [6, 6.07) is 0. The molecule has 0 saturated carbocycles. The summed E-state index contributed by atoms with van der Waals surface area (Å²) in [7, 11) is 0. The molecule has 3 N–H and O–H groups in total. The molecule has 0 aliphatic rings. The molecule has 64 valence electrons. The zero-order valence-corrected chi connectivity index (χ0v) is 6.30. The predicted molar refractivity (Wildman–Crippen MR) is 41.0 cm³/mol. The minimum Gasteiger partial charge on any atom is -0.357 e. The lowest BCUT2D eigenvalue weighted by Gasteiger charge is -2.02. The Bertz CT molecular complexity index is 96.0. The molecular formula is C6H13N3O2. The molecule has 0 aromatic carbocycles. The average Bonchev–Trinajstić information content (AvgIpc) is 2.03. The summed E-state index contributed by atoms with van der Waals surface area (Å²) in [4.78, 5) is 19.5. The normalized spacial score (nSPS) is 8.73. The summed E-state index contributed by atoms with van der Waals surface area (Å²) in [5.74, 6) is 0. The van der Waals surface area contributed by atoms with Crippen molar-refractivity contribution in [2.75, 3.05) is 26.2 Å². The second-order valence-corrected chi connectivity index (χ2v) is 1.89. The Kier molecular flexibility index (Phi) is 8.01. The third kappa shape index (κ3) is 8.90. The fourth-order valence-corrected chi connectivity index (χ4v) is 0.564. The van der Waals surface area contributed by atoms with Gasteiger partial charge in [-0.25, -0.2) is 0 Å². The van der Waals surface area contributed by atoms with Gasteiger partial charge in [-0.3, -0.25) is 9.59 Å². The fourth-order valence-electron chi connectivity index (χ4n) is 0.564. The van der Waals surface area contributed by atoms with E-state index in [9.17, 15) is 9.59 Å². The van der Waals surface area contributed by atoms with E-state index in [1.807, 2.05) is 0 Å². The van der Waals surface area contributed by atoms with Gasteiger partial charge in [0.15, 0.2) is 0 Å². The van der Waals surface area contributed by atoms with Crippen LogP contribution in [0.1, 0.15) is 0 Å². The fraction of sp³-hybridized carbons (Fsp3) is 0.667. The van der Waals surface area contributed by atoms with Crippen molar-refractivity contribution in [2.24, 2.45) is 0 Å². The molecule has 0 aliphatic heterocycles. The summed E-state index contributed by atoms with van der Waals surface area (Å²) in [6.45, 7) is 2.67. The van der Waals surface area contributed by atoms with Gasteiger partial charge in [0.1, 0.15) is 0 Å². The van der Waals surface area contributed by atoms with Crippen LogP contribution in [0.4, 0.5) is 0 Å². The first-order valence-electron chi connectivity index (χ1n) is 3.46. The van der Waals surface area contributed by atoms with E-state index >= 15 is 0 Å². The maximum absolute atomic E-state index is 9.74. The molecule has 0 radical (unpaired) electrons. The molecule has 5 nitrogen and oxygen atoms in total. The second kappa shape index (κ2) is 8.90. The third-order valence-corrected chi connectivity index (χ3v) is 1.06. The van der Waals surface area contributed by atoms with Crippen LogP contribution in [0.25, 0.3) is 0 Å². The molecule has 5 heteroatoms. The first kappa shape index (κ1) is 9.90. The first-order valence-corrected chi connectivity index (χ1v) is 3.46. The Morgan fingerprint density at radius 3 is 1.64 bits per heavy atom. The van der Waals surface area contributed by atoms with Crippen molar-refractivity contribution in [1.29, 1.82) is 0 Å². The van der Waals surface area contributed by atoms with E-state index in [-0.39, 0.29) is 0 Å². The zero-order chi connectivity index (χ0) is 8.36. The Labute approximate surface area is 65.5 Å². The molecule has 0 aromatic rings. The van der Waals surface area contributed by atoms with E-state index in [0.29, 0.717) is 25.9 Å². The van der Waals surface area contributed by atoms with Gasteiger partial charge in [-0.05, 0) is 0 Å². The van der Waals surface area contributed by atoms with Crippen LogP contribution >= 0.6 is 0 Å². The number of hydrogen-bond donors (Lipinski definition) is 3. The van der Waals surface area contributed by atoms with Gasteiger partial charge in [-0.2, -0.15) is 0 Å². The van der Waals surface area contributed by atoms with E-state index < -0.39 is 0 Å². The molecule has 0 heterocycles. The van der Waals surface area contributed by atoms with Gasteiger partial charge in [0, 0.05) is 26.2 Å². The Morgan fingerprint density at radius 1 is 0.818 bits per heavy atom. The SMILES string of the molecule is O=CNCCNCCNC=O. The highest BCUT2D eigenvalue weighted by Gasteiger charge is 1.84. The van der Waals surface area contributed by atoms with Gasteiger partial charge in [0.2, 0.25) is 12.8 Å². The average molecular weight is 159 g/mol. The topological polar surface area (TPSA) is 70.2 Å². The molecule has 11 heavy (non-hydrogen) atoms. The van der Waals surface area contributed by atoms with Crippen LogP contribution in [0.2, 0.25) is 0 Å². The Hall–Kier alpha value is -1.10. The summed E-state index contributed by atoms with van der Waals surface area (Å²) in [5.41, 5.74) is 0. The number of carbonyl (C=O) groups excluding carboxylic acids is 2. The number of hydrogen-bond acceptors (Lipinski definition) is 3. The number of carbonyl (C=O) groups is 2. The predicted octanol–water partition coefficient (Wildman–Crippen LogP) is -1.93. The van der Waals surface area contributed by atoms with Gasteiger partial charge in [0.05, 0.1) is 0 Å². The van der Waals surface area contributed by atoms with E-state index in [0.717, 1.165) is 13.1 Å². The van der Waals surface area contributed by atoms with Crippen molar-refractivity contribution in [3.05, 3.63) is 0 Å². The lowest BCUT2D eigenvalue weighted by atomic mass is 10.5. The van der Waals surface area contributed by atoms with Crippen LogP contribution < -0.4 is 16.0 Å². The largest absolute Gasteiger partial charge is 0.357 e. The highest BCUT2D eigenvalue weighted by Crippen LogP contribution is 1.56. The van der Waals surface area contributed by atoms with Crippen LogP contribution in [0.5, 0.6) is 0 Å². The van der Waals surface area contributed by atoms with E-state index in [1.54, 1.807) is 0 Å². The highest BCUT2D eigenvalue weighted by atomic mass is 16.1. The number of rotatable bonds is 8. The summed E-state index contributed by atoms with van der Waals surface area (Å²) < 4.78 is 0. The van der Waals surface area contributed by atoms with Gasteiger partial charge in [-0.1, -0.05) is 0 Å². The molecule has 0 spiro atoms. The van der Waals surface area contributed by atoms with Gasteiger partial charge < -0.3 is 16.0 Å². The van der Waals surface area contributed by atoms with E-state index in [1.165, 1.54) is 0 Å². The first-order chi connectivity index (χ1) is 5.41. The van der Waals surface area contributed by atoms with Crippen LogP contribution in [0.15, 0.2) is 0 Å². The van der Waals surface area contributed by atoms with Gasteiger partial charge in [-0.15, -0.1) is 0 Å². The minimum atomic E-state index is 0.616. The molecule has 0 saturated heterocycles. The minimum absolute atomic E-state index is 0.616. The lowest BCUT2D eigenvalue weighted by molar-refractivity contribution is -0.110. The smallest absolute Gasteiger partial charge is 0.207 e. The van der Waals surface area contributed by atoms with E-state index in [2.05, 4.69) is 16.0 Å². The molecule has 0 rings (SSSR count). The van der Waals surface area contributed by atoms with Crippen LogP contribution in [-0.4, -0.2) is 39.0 Å². The van der Waals surface area contributed by atoms with E-state index in [4.69, 9.17) is 0 Å². The van der Waals surface area contributed by atoms with Crippen LogP contribution in [0.3, 0.4) is 0 Å². The molecule has 0 atom stereocenters. The van der Waals surface area contributed by atoms with Crippen molar-refractivity contribution in [2.45, 2.75) is 0 Å². The molecule has 0 aliphatic carbocycles. The maximum Gasteiger partial charge on any atom is 0.207 e. The molecule has 0 fully saturated rings. The summed E-state index contributed by atoms with van der Waals surface area (Å²) in [5, 5.41) is 8.02. The molecule has 2 amide bonds.